The number of aliphatic hydroxyl groups excluding tert-OH is 3. The molecule has 1 aliphatic rings. The fraction of sp³-hybridized carbons (Fsp3) is 0.739. The Bertz CT molecular complexity index is 645. The van der Waals surface area contributed by atoms with Crippen LogP contribution in [0.15, 0.2) is 23.8 Å². The Labute approximate surface area is 190 Å². The summed E-state index contributed by atoms with van der Waals surface area (Å²) in [6.07, 6.45) is -1.77. The Kier molecular flexibility index (Phi) is 12.7. The highest BCUT2D eigenvalue weighted by atomic mass is 16.7. The minimum absolute atomic E-state index is 0.191. The van der Waals surface area contributed by atoms with Crippen LogP contribution >= 0.6 is 0 Å². The minimum Gasteiger partial charge on any atom is -0.461 e. The van der Waals surface area contributed by atoms with Crippen molar-refractivity contribution in [1.82, 2.24) is 0 Å². The van der Waals surface area contributed by atoms with Crippen molar-refractivity contribution in [2.45, 2.75) is 84.1 Å². The van der Waals surface area contributed by atoms with Crippen LogP contribution in [-0.2, 0) is 28.5 Å². The molecule has 0 unspecified atom stereocenters. The van der Waals surface area contributed by atoms with Crippen molar-refractivity contribution < 1.29 is 43.9 Å². The number of esters is 2. The van der Waals surface area contributed by atoms with Crippen molar-refractivity contribution in [3.8, 4) is 0 Å². The van der Waals surface area contributed by atoms with Crippen LogP contribution in [0, 0.1) is 5.92 Å². The molecule has 0 bridgehead atoms. The maximum absolute atomic E-state index is 12.1. The van der Waals surface area contributed by atoms with Crippen LogP contribution in [-0.4, -0.2) is 77.8 Å². The lowest BCUT2D eigenvalue weighted by Gasteiger charge is -2.41. The highest BCUT2D eigenvalue weighted by Crippen LogP contribution is 2.26. The van der Waals surface area contributed by atoms with E-state index >= 15 is 0 Å². The third-order valence-corrected chi connectivity index (χ3v) is 5.32. The standard InChI is InChI=1S/C23H38O9/c1-6-16(4)22(28)32-21-19(26)18(12-24)31-23(20(21)27)29-11-10-14(2)8-7-9-15(3)13-30-17(5)25/h9,16,18-21,23-24,26-27H,2,6-8,10-13H2,1,3-5H3/b15-9-/t16-,18-,19-,20-,21+,23-/m1/s1. The van der Waals surface area contributed by atoms with E-state index in [4.69, 9.17) is 18.9 Å². The molecule has 0 radical (unpaired) electrons. The van der Waals surface area contributed by atoms with Gasteiger partial charge in [0, 0.05) is 6.92 Å². The predicted octanol–water partition coefficient (Wildman–Crippen LogP) is 1.64. The summed E-state index contributed by atoms with van der Waals surface area (Å²) in [6.45, 7) is 10.7. The number of rotatable bonds is 13. The van der Waals surface area contributed by atoms with Crippen molar-refractivity contribution >= 4 is 11.9 Å². The largest absolute Gasteiger partial charge is 0.461 e. The molecular formula is C23H38O9. The third kappa shape index (κ3) is 9.38. The Morgan fingerprint density at radius 3 is 2.47 bits per heavy atom. The first kappa shape index (κ1) is 28.3. The highest BCUT2D eigenvalue weighted by Gasteiger charge is 2.47. The summed E-state index contributed by atoms with van der Waals surface area (Å²) in [5.41, 5.74) is 1.87. The zero-order chi connectivity index (χ0) is 24.3. The normalized spacial score (nSPS) is 27.0. The topological polar surface area (TPSA) is 132 Å². The number of allylic oxidation sites excluding steroid dienone is 1. The maximum Gasteiger partial charge on any atom is 0.309 e. The van der Waals surface area contributed by atoms with Gasteiger partial charge in [-0.1, -0.05) is 32.1 Å². The molecule has 9 heteroatoms. The van der Waals surface area contributed by atoms with Gasteiger partial charge in [0.2, 0.25) is 0 Å². The molecule has 0 aromatic carbocycles. The molecule has 0 aliphatic carbocycles. The number of hydrogen-bond acceptors (Lipinski definition) is 9. The molecule has 3 N–H and O–H groups in total. The van der Waals surface area contributed by atoms with Gasteiger partial charge in [-0.05, 0) is 38.2 Å². The van der Waals surface area contributed by atoms with Crippen LogP contribution in [0.4, 0.5) is 0 Å². The summed E-state index contributed by atoms with van der Waals surface area (Å²) < 4.78 is 21.3. The number of carbonyl (C=O) groups is 2. The van der Waals surface area contributed by atoms with Gasteiger partial charge >= 0.3 is 11.9 Å². The maximum atomic E-state index is 12.1. The Hall–Kier alpha value is -1.78. The number of ether oxygens (including phenoxy) is 4. The second-order valence-corrected chi connectivity index (χ2v) is 8.16. The van der Waals surface area contributed by atoms with Crippen molar-refractivity contribution in [3.05, 3.63) is 23.8 Å². The quantitative estimate of drug-likeness (QED) is 0.278. The van der Waals surface area contributed by atoms with E-state index in [-0.39, 0.29) is 25.1 Å². The summed E-state index contributed by atoms with van der Waals surface area (Å²) in [7, 11) is 0. The number of carbonyl (C=O) groups excluding carboxylic acids is 2. The van der Waals surface area contributed by atoms with Gasteiger partial charge in [-0.3, -0.25) is 9.59 Å². The van der Waals surface area contributed by atoms with E-state index in [1.165, 1.54) is 6.92 Å². The summed E-state index contributed by atoms with van der Waals surface area (Å²) in [5, 5.41) is 30.3. The molecule has 0 spiro atoms. The van der Waals surface area contributed by atoms with E-state index in [1.807, 2.05) is 19.9 Å². The first-order chi connectivity index (χ1) is 15.1. The van der Waals surface area contributed by atoms with Crippen LogP contribution in [0.2, 0.25) is 0 Å². The van der Waals surface area contributed by atoms with Crippen LogP contribution in [0.25, 0.3) is 0 Å². The van der Waals surface area contributed by atoms with Crippen molar-refractivity contribution in [3.63, 3.8) is 0 Å². The summed E-state index contributed by atoms with van der Waals surface area (Å²) in [4.78, 5) is 22.9. The lowest BCUT2D eigenvalue weighted by atomic mass is 9.98. The second kappa shape index (κ2) is 14.4. The van der Waals surface area contributed by atoms with E-state index in [9.17, 15) is 24.9 Å². The Balaban J connectivity index is 2.52. The lowest BCUT2D eigenvalue weighted by Crippen LogP contribution is -2.60. The fourth-order valence-electron chi connectivity index (χ4n) is 2.99. The van der Waals surface area contributed by atoms with Crippen LogP contribution < -0.4 is 0 Å². The van der Waals surface area contributed by atoms with Gasteiger partial charge in [0.05, 0.1) is 19.1 Å². The summed E-state index contributed by atoms with van der Waals surface area (Å²) in [5.74, 6) is -1.25. The van der Waals surface area contributed by atoms with Gasteiger partial charge in [-0.15, -0.1) is 0 Å². The fourth-order valence-corrected chi connectivity index (χ4v) is 2.99. The zero-order valence-corrected chi connectivity index (χ0v) is 19.5. The van der Waals surface area contributed by atoms with E-state index in [0.29, 0.717) is 19.3 Å². The highest BCUT2D eigenvalue weighted by molar-refractivity contribution is 5.72. The van der Waals surface area contributed by atoms with Gasteiger partial charge in [-0.2, -0.15) is 0 Å². The molecule has 9 nitrogen and oxygen atoms in total. The molecule has 0 aromatic rings. The molecule has 1 rings (SSSR count). The van der Waals surface area contributed by atoms with E-state index < -0.39 is 43.3 Å². The van der Waals surface area contributed by atoms with Crippen molar-refractivity contribution in [2.24, 2.45) is 5.92 Å². The molecule has 6 atom stereocenters. The van der Waals surface area contributed by atoms with Crippen LogP contribution in [0.5, 0.6) is 0 Å². The molecule has 1 saturated heterocycles. The molecule has 32 heavy (non-hydrogen) atoms. The smallest absolute Gasteiger partial charge is 0.309 e. The van der Waals surface area contributed by atoms with Crippen LogP contribution in [0.3, 0.4) is 0 Å². The van der Waals surface area contributed by atoms with Gasteiger partial charge in [-0.25, -0.2) is 0 Å². The van der Waals surface area contributed by atoms with Crippen molar-refractivity contribution in [2.75, 3.05) is 19.8 Å². The Morgan fingerprint density at radius 2 is 1.88 bits per heavy atom. The molecule has 1 aliphatic heterocycles. The number of aliphatic hydroxyl groups is 3. The third-order valence-electron chi connectivity index (χ3n) is 5.32. The molecular weight excluding hydrogens is 420 g/mol. The van der Waals surface area contributed by atoms with E-state index in [1.54, 1.807) is 6.92 Å². The van der Waals surface area contributed by atoms with Gasteiger partial charge in [0.25, 0.3) is 0 Å². The molecule has 1 heterocycles. The van der Waals surface area contributed by atoms with Gasteiger partial charge < -0.3 is 34.3 Å². The first-order valence-corrected chi connectivity index (χ1v) is 11.0. The molecule has 0 saturated carbocycles. The minimum atomic E-state index is -1.40. The zero-order valence-electron chi connectivity index (χ0n) is 19.5. The molecule has 0 amide bonds. The first-order valence-electron chi connectivity index (χ1n) is 11.0. The second-order valence-electron chi connectivity index (χ2n) is 8.16. The van der Waals surface area contributed by atoms with E-state index in [0.717, 1.165) is 17.6 Å². The number of hydrogen-bond donors (Lipinski definition) is 3. The monoisotopic (exact) mass is 458 g/mol. The molecule has 0 aromatic heterocycles. The predicted molar refractivity (Wildman–Crippen MR) is 116 cm³/mol. The lowest BCUT2D eigenvalue weighted by molar-refractivity contribution is -0.303. The van der Waals surface area contributed by atoms with E-state index in [2.05, 4.69) is 6.58 Å². The SMILES string of the molecule is C=C(CC/C=C(/C)COC(C)=O)CCO[C@@H]1O[C@H](CO)[C@@H](O)[C@H](OC(=O)[C@H](C)CC)[C@H]1O. The van der Waals surface area contributed by atoms with Crippen molar-refractivity contribution in [1.29, 1.82) is 0 Å². The van der Waals surface area contributed by atoms with Gasteiger partial charge in [0.15, 0.2) is 12.4 Å². The Morgan fingerprint density at radius 1 is 1.19 bits per heavy atom. The summed E-state index contributed by atoms with van der Waals surface area (Å²) in [6, 6.07) is 0. The molecule has 184 valence electrons. The average Bonchev–Trinajstić information content (AvgIpc) is 2.75. The average molecular weight is 459 g/mol. The van der Waals surface area contributed by atoms with Crippen LogP contribution in [0.1, 0.15) is 53.4 Å². The van der Waals surface area contributed by atoms with Gasteiger partial charge in [0.1, 0.15) is 24.9 Å². The molecule has 1 fully saturated rings. The summed E-state index contributed by atoms with van der Waals surface area (Å²) >= 11 is 0.